The second kappa shape index (κ2) is 13.3. The van der Waals surface area contributed by atoms with Crippen molar-refractivity contribution in [3.8, 4) is 0 Å². The Kier molecular flexibility index (Phi) is 10.5. The van der Waals surface area contributed by atoms with Crippen molar-refractivity contribution in [3.63, 3.8) is 0 Å². The summed E-state index contributed by atoms with van der Waals surface area (Å²) in [6, 6.07) is 8.09. The van der Waals surface area contributed by atoms with Crippen molar-refractivity contribution in [2.24, 2.45) is 10.7 Å². The van der Waals surface area contributed by atoms with Crippen molar-refractivity contribution in [2.45, 2.75) is 45.6 Å². The van der Waals surface area contributed by atoms with Crippen molar-refractivity contribution >= 4 is 46.9 Å². The Morgan fingerprint density at radius 1 is 1.00 bits per heavy atom. The zero-order chi connectivity index (χ0) is 26.7. The fourth-order valence-corrected chi connectivity index (χ4v) is 3.07. The average molecular weight is 520 g/mol. The number of hydrogen-bond acceptors (Lipinski definition) is 8. The number of nitrogens with one attached hydrogen (secondary N) is 3. The Morgan fingerprint density at radius 2 is 1.69 bits per heavy atom. The minimum Gasteiger partial charge on any atom is -0.444 e. The Balaban J connectivity index is 1.65. The van der Waals surface area contributed by atoms with Gasteiger partial charge in [-0.2, -0.15) is 4.99 Å². The average Bonchev–Trinajstić information content (AvgIpc) is 2.78. The Bertz CT molecular complexity index is 1070. The first kappa shape index (κ1) is 28.4. The van der Waals surface area contributed by atoms with Crippen LogP contribution in [0.2, 0.25) is 5.15 Å². The third kappa shape index (κ3) is 10.2. The number of halogens is 1. The molecule has 2 amide bonds. The molecule has 196 valence electrons. The maximum absolute atomic E-state index is 12.2. The molecule has 13 heteroatoms. The molecular weight excluding hydrogens is 486 g/mol. The molecule has 0 aliphatic heterocycles. The maximum atomic E-state index is 12.2. The number of amides is 2. The molecule has 0 saturated heterocycles. The molecule has 0 spiro atoms. The zero-order valence-electron chi connectivity index (χ0n) is 20.7. The van der Waals surface area contributed by atoms with Crippen molar-refractivity contribution in [1.82, 2.24) is 20.6 Å². The number of benzene rings is 1. The third-order valence-electron chi connectivity index (χ3n) is 4.60. The number of rotatable bonds is 10. The molecular formula is C23H34ClN9O3. The van der Waals surface area contributed by atoms with E-state index in [1.54, 1.807) is 0 Å². The smallest absolute Gasteiger partial charge is 0.407 e. The summed E-state index contributed by atoms with van der Waals surface area (Å²) < 4.78 is 5.19. The molecule has 0 bridgehead atoms. The number of nitrogens with zero attached hydrogens (tertiary/aromatic N) is 3. The van der Waals surface area contributed by atoms with Crippen molar-refractivity contribution in [3.05, 3.63) is 40.7 Å². The Morgan fingerprint density at radius 3 is 2.36 bits per heavy atom. The van der Waals surface area contributed by atoms with Crippen LogP contribution >= 0.6 is 11.6 Å². The number of hydrogen-bond donors (Lipinski definition) is 6. The van der Waals surface area contributed by atoms with Gasteiger partial charge in [-0.15, -0.1) is 0 Å². The molecule has 12 nitrogen and oxygen atoms in total. The number of nitrogens with two attached hydrogens (primary N) is 3. The van der Waals surface area contributed by atoms with Crippen LogP contribution in [-0.2, 0) is 11.2 Å². The highest BCUT2D eigenvalue weighted by atomic mass is 35.5. The number of aliphatic imine (C=N–C) groups is 1. The van der Waals surface area contributed by atoms with Crippen LogP contribution in [0.1, 0.15) is 49.7 Å². The van der Waals surface area contributed by atoms with E-state index >= 15 is 0 Å². The zero-order valence-corrected chi connectivity index (χ0v) is 21.5. The normalized spacial score (nSPS) is 11.6. The molecule has 1 heterocycles. The molecule has 1 aromatic carbocycles. The number of carbonyl (C=O) groups excluding carboxylic acids is 2. The molecule has 1 aromatic heterocycles. The summed E-state index contributed by atoms with van der Waals surface area (Å²) in [5.74, 6) is -1.05. The molecule has 2 aromatic rings. The lowest BCUT2D eigenvalue weighted by molar-refractivity contribution is 0.0530. The first-order chi connectivity index (χ1) is 16.9. The van der Waals surface area contributed by atoms with Gasteiger partial charge in [0.15, 0.2) is 28.4 Å². The lowest BCUT2D eigenvalue weighted by Crippen LogP contribution is -2.34. The van der Waals surface area contributed by atoms with Crippen molar-refractivity contribution < 1.29 is 14.3 Å². The number of unbranched alkanes of at least 4 members (excludes halogenated alkanes) is 1. The van der Waals surface area contributed by atoms with Gasteiger partial charge < -0.3 is 37.9 Å². The highest BCUT2D eigenvalue weighted by Crippen LogP contribution is 2.18. The third-order valence-corrected chi connectivity index (χ3v) is 4.88. The largest absolute Gasteiger partial charge is 0.444 e. The molecule has 0 aliphatic rings. The van der Waals surface area contributed by atoms with Crippen LogP contribution in [0, 0.1) is 0 Å². The number of anilines is 3. The maximum Gasteiger partial charge on any atom is 0.407 e. The summed E-state index contributed by atoms with van der Waals surface area (Å²) in [5, 5.41) is 8.71. The van der Waals surface area contributed by atoms with Crippen LogP contribution in [0.15, 0.2) is 29.3 Å². The van der Waals surface area contributed by atoms with Gasteiger partial charge in [-0.25, -0.2) is 14.8 Å². The van der Waals surface area contributed by atoms with Crippen LogP contribution < -0.4 is 33.2 Å². The first-order valence-electron chi connectivity index (χ1n) is 11.4. The van der Waals surface area contributed by atoms with Crippen molar-refractivity contribution in [1.29, 1.82) is 0 Å². The minimum atomic E-state index is -0.763. The highest BCUT2D eigenvalue weighted by Gasteiger charge is 2.16. The van der Waals surface area contributed by atoms with Crippen molar-refractivity contribution in [2.75, 3.05) is 36.4 Å². The molecule has 0 saturated carbocycles. The predicted molar refractivity (Wildman–Crippen MR) is 142 cm³/mol. The van der Waals surface area contributed by atoms with Gasteiger partial charge in [0.25, 0.3) is 0 Å². The number of nitrogen functional groups attached to an aromatic ring is 2. The first-order valence-corrected chi connectivity index (χ1v) is 11.8. The number of aromatic nitrogens is 2. The van der Waals surface area contributed by atoms with Gasteiger partial charge in [-0.05, 0) is 57.7 Å². The molecule has 36 heavy (non-hydrogen) atoms. The van der Waals surface area contributed by atoms with E-state index in [1.165, 1.54) is 5.56 Å². The van der Waals surface area contributed by atoms with E-state index in [0.29, 0.717) is 19.6 Å². The molecule has 0 fully saturated rings. The Labute approximate surface area is 215 Å². The van der Waals surface area contributed by atoms with Gasteiger partial charge in [0.1, 0.15) is 5.60 Å². The molecule has 0 atom stereocenters. The minimum absolute atomic E-state index is 0.0502. The predicted octanol–water partition coefficient (Wildman–Crippen LogP) is 2.30. The topological polar surface area (TPSA) is 196 Å². The van der Waals surface area contributed by atoms with E-state index < -0.39 is 17.6 Å². The van der Waals surface area contributed by atoms with Gasteiger partial charge in [0.2, 0.25) is 0 Å². The second-order valence-electron chi connectivity index (χ2n) is 8.87. The summed E-state index contributed by atoms with van der Waals surface area (Å²) in [5.41, 5.74) is 18.3. The molecule has 0 unspecified atom stereocenters. The van der Waals surface area contributed by atoms with Crippen LogP contribution in [0.5, 0.6) is 0 Å². The highest BCUT2D eigenvalue weighted by molar-refractivity contribution is 6.31. The van der Waals surface area contributed by atoms with E-state index in [9.17, 15) is 9.59 Å². The summed E-state index contributed by atoms with van der Waals surface area (Å²) in [7, 11) is 0. The van der Waals surface area contributed by atoms with E-state index in [4.69, 9.17) is 33.5 Å². The number of alkyl carbamates (subject to hydrolysis) is 1. The molecule has 9 N–H and O–H groups in total. The lowest BCUT2D eigenvalue weighted by atomic mass is 10.1. The van der Waals surface area contributed by atoms with E-state index in [2.05, 4.69) is 43.0 Å². The quantitative estimate of drug-likeness (QED) is 0.154. The second-order valence-corrected chi connectivity index (χ2v) is 9.23. The lowest BCUT2D eigenvalue weighted by Gasteiger charge is -2.19. The van der Waals surface area contributed by atoms with Crippen LogP contribution in [0.25, 0.3) is 0 Å². The summed E-state index contributed by atoms with van der Waals surface area (Å²) >= 11 is 5.78. The molecule has 2 rings (SSSR count). The van der Waals surface area contributed by atoms with Gasteiger partial charge in [0.05, 0.1) is 0 Å². The number of aryl methyl sites for hydroxylation is 1. The number of carbonyl (C=O) groups is 2. The summed E-state index contributed by atoms with van der Waals surface area (Å²) in [6.07, 6.45) is 2.18. The van der Waals surface area contributed by atoms with E-state index in [0.717, 1.165) is 24.9 Å². The van der Waals surface area contributed by atoms with Crippen LogP contribution in [0.4, 0.5) is 22.1 Å². The van der Waals surface area contributed by atoms with Gasteiger partial charge in [0, 0.05) is 25.3 Å². The van der Waals surface area contributed by atoms with E-state index in [1.807, 2.05) is 32.9 Å². The number of ether oxygens (including phenoxy) is 1. The fraction of sp³-hybridized carbons (Fsp3) is 0.435. The molecule has 0 aliphatic carbocycles. The van der Waals surface area contributed by atoms with Crippen LogP contribution in [-0.4, -0.2) is 53.2 Å². The summed E-state index contributed by atoms with van der Waals surface area (Å²) in [6.45, 7) is 7.04. The van der Waals surface area contributed by atoms with Gasteiger partial charge in [-0.3, -0.25) is 4.79 Å². The van der Waals surface area contributed by atoms with Gasteiger partial charge >= 0.3 is 12.0 Å². The number of guanidine groups is 1. The van der Waals surface area contributed by atoms with Crippen LogP contribution in [0.3, 0.4) is 0 Å². The van der Waals surface area contributed by atoms with Gasteiger partial charge in [-0.1, -0.05) is 23.7 Å². The molecule has 0 radical (unpaired) electrons. The van der Waals surface area contributed by atoms with E-state index in [-0.39, 0.29) is 28.4 Å². The Hall–Kier alpha value is -3.80. The monoisotopic (exact) mass is 519 g/mol. The summed E-state index contributed by atoms with van der Waals surface area (Å²) in [4.78, 5) is 35.1. The standard InChI is InChI=1S/C23H34ClN9O3/c1-23(2,3)36-22(35)30-13-12-28-15-9-7-14(8-10-15)6-4-5-11-29-21(27)33-20(34)16-18(25)32-19(26)17(24)31-16/h7-10,28H,4-6,11-13H2,1-3H3,(H,30,35)(H4,25,26,32)(H3,27,29,33,34). The SMILES string of the molecule is CC(C)(C)OC(=O)NCCNc1ccc(CCCCNC(N)=NC(=O)c2nc(Cl)c(N)nc2N)cc1. The fourth-order valence-electron chi connectivity index (χ4n) is 2.95.